The van der Waals surface area contributed by atoms with E-state index in [9.17, 15) is 0 Å². The lowest BCUT2D eigenvalue weighted by Gasteiger charge is -2.65. The third kappa shape index (κ3) is 1.72. The third-order valence-corrected chi connectivity index (χ3v) is 5.42. The van der Waals surface area contributed by atoms with Gasteiger partial charge in [0.1, 0.15) is 0 Å². The third-order valence-electron chi connectivity index (χ3n) is 5.42. The number of hydrogen-bond donors (Lipinski definition) is 1. The van der Waals surface area contributed by atoms with Crippen molar-refractivity contribution in [1.29, 1.82) is 0 Å². The summed E-state index contributed by atoms with van der Waals surface area (Å²) < 4.78 is 0. The second-order valence-corrected chi connectivity index (χ2v) is 7.91. The van der Waals surface area contributed by atoms with Crippen molar-refractivity contribution >= 4 is 0 Å². The molecule has 0 aromatic carbocycles. The summed E-state index contributed by atoms with van der Waals surface area (Å²) in [6, 6.07) is 0.719. The van der Waals surface area contributed by atoms with Gasteiger partial charge in [-0.3, -0.25) is 0 Å². The van der Waals surface area contributed by atoms with Gasteiger partial charge in [-0.25, -0.2) is 0 Å². The fourth-order valence-electron chi connectivity index (χ4n) is 4.52. The van der Waals surface area contributed by atoms with E-state index >= 15 is 0 Å². The van der Waals surface area contributed by atoms with E-state index in [0.29, 0.717) is 5.41 Å². The zero-order valence-electron chi connectivity index (χ0n) is 12.1. The smallest absolute Gasteiger partial charge is 0.0129 e. The van der Waals surface area contributed by atoms with Crippen molar-refractivity contribution in [1.82, 2.24) is 5.32 Å². The Morgan fingerprint density at radius 1 is 1.00 bits per heavy atom. The van der Waals surface area contributed by atoms with Crippen LogP contribution in [0.5, 0.6) is 0 Å². The first kappa shape index (κ1) is 12.4. The highest BCUT2D eigenvalue weighted by Gasteiger charge is 2.59. The molecule has 1 heteroatoms. The number of fused-ring (bicyclic) bond motifs is 2. The number of nitrogens with one attached hydrogen (secondary N) is 1. The summed E-state index contributed by atoms with van der Waals surface area (Å²) in [6.45, 7) is 16.7. The van der Waals surface area contributed by atoms with Crippen molar-refractivity contribution < 1.29 is 0 Å². The molecule has 3 saturated carbocycles. The van der Waals surface area contributed by atoms with Gasteiger partial charge in [-0.2, -0.15) is 0 Å². The first-order chi connectivity index (χ1) is 7.14. The molecular formula is C15H29N. The fourth-order valence-corrected chi connectivity index (χ4v) is 4.52. The summed E-state index contributed by atoms with van der Waals surface area (Å²) in [7, 11) is 0. The quantitative estimate of drug-likeness (QED) is 0.715. The maximum absolute atomic E-state index is 3.86. The van der Waals surface area contributed by atoms with Crippen molar-refractivity contribution in [3.63, 3.8) is 0 Å². The Kier molecular flexibility index (Phi) is 2.70. The average molecular weight is 223 g/mol. The van der Waals surface area contributed by atoms with E-state index in [2.05, 4.69) is 53.8 Å². The molecule has 1 N–H and O–H groups in total. The molecule has 94 valence electrons. The van der Waals surface area contributed by atoms with Gasteiger partial charge in [0.15, 0.2) is 0 Å². The van der Waals surface area contributed by atoms with Crippen molar-refractivity contribution in [3.05, 3.63) is 0 Å². The minimum atomic E-state index is 0.251. The molecule has 0 aliphatic heterocycles. The summed E-state index contributed by atoms with van der Waals surface area (Å²) in [5, 5.41) is 3.86. The summed E-state index contributed by atoms with van der Waals surface area (Å²) in [5.74, 6) is 3.53. The summed E-state index contributed by atoms with van der Waals surface area (Å²) in [6.07, 6.45) is 1.47. The van der Waals surface area contributed by atoms with Crippen LogP contribution >= 0.6 is 0 Å². The molecule has 0 radical (unpaired) electrons. The van der Waals surface area contributed by atoms with Gasteiger partial charge in [-0.15, -0.1) is 0 Å². The number of hydrogen-bond acceptors (Lipinski definition) is 1. The summed E-state index contributed by atoms with van der Waals surface area (Å²) >= 11 is 0. The van der Waals surface area contributed by atoms with Crippen LogP contribution in [0.25, 0.3) is 0 Å². The van der Waals surface area contributed by atoms with E-state index in [1.54, 1.807) is 0 Å². The first-order valence-electron chi connectivity index (χ1n) is 6.92. The normalized spacial score (nSPS) is 46.3. The maximum Gasteiger partial charge on any atom is 0.0129 e. The monoisotopic (exact) mass is 223 g/mol. The van der Waals surface area contributed by atoms with Crippen LogP contribution in [0.15, 0.2) is 0 Å². The fraction of sp³-hybridized carbons (Fsp3) is 1.00. The first-order valence-corrected chi connectivity index (χ1v) is 6.92. The molecule has 4 unspecified atom stereocenters. The molecule has 1 nitrogen and oxygen atoms in total. The van der Waals surface area contributed by atoms with Crippen LogP contribution in [0.2, 0.25) is 0 Å². The van der Waals surface area contributed by atoms with Gasteiger partial charge in [0, 0.05) is 11.6 Å². The van der Waals surface area contributed by atoms with E-state index in [-0.39, 0.29) is 5.54 Å². The molecule has 4 atom stereocenters. The highest BCUT2D eigenvalue weighted by molar-refractivity contribution is 5.10. The van der Waals surface area contributed by atoms with Gasteiger partial charge < -0.3 is 5.32 Å². The van der Waals surface area contributed by atoms with Gasteiger partial charge >= 0.3 is 0 Å². The lowest BCUT2D eigenvalue weighted by molar-refractivity contribution is -0.152. The number of rotatable bonds is 1. The van der Waals surface area contributed by atoms with Crippen molar-refractivity contribution in [2.45, 2.75) is 66.5 Å². The summed E-state index contributed by atoms with van der Waals surface area (Å²) in [5.41, 5.74) is 0.843. The summed E-state index contributed by atoms with van der Waals surface area (Å²) in [4.78, 5) is 0. The molecule has 3 fully saturated rings. The van der Waals surface area contributed by atoms with Crippen molar-refractivity contribution in [3.8, 4) is 0 Å². The Labute approximate surface area is 101 Å². The van der Waals surface area contributed by atoms with Gasteiger partial charge in [0.05, 0.1) is 0 Å². The van der Waals surface area contributed by atoms with Crippen LogP contribution in [-0.4, -0.2) is 11.6 Å². The maximum atomic E-state index is 3.86. The van der Waals surface area contributed by atoms with Crippen molar-refractivity contribution in [2.24, 2.45) is 29.1 Å². The van der Waals surface area contributed by atoms with E-state index in [0.717, 1.165) is 29.7 Å². The highest BCUT2D eigenvalue weighted by Crippen LogP contribution is 2.63. The zero-order valence-corrected chi connectivity index (χ0v) is 12.1. The zero-order chi connectivity index (χ0) is 12.3. The Morgan fingerprint density at radius 2 is 1.44 bits per heavy atom. The molecule has 3 aliphatic rings. The van der Waals surface area contributed by atoms with E-state index in [4.69, 9.17) is 0 Å². The lowest BCUT2D eigenvalue weighted by Crippen LogP contribution is -2.66. The second kappa shape index (κ2) is 3.48. The standard InChI is InChI=1S/C15H29N/c1-9-11-8-12(15(11,6)7)10(2)13(9)16-14(3,4)5/h9-13,16H,8H2,1-7H3. The lowest BCUT2D eigenvalue weighted by atomic mass is 9.41. The van der Waals surface area contributed by atoms with Crippen LogP contribution in [0, 0.1) is 29.1 Å². The molecule has 0 spiro atoms. The Hall–Kier alpha value is -0.0400. The second-order valence-electron chi connectivity index (χ2n) is 7.91. The molecule has 0 amide bonds. The molecule has 0 saturated heterocycles. The van der Waals surface area contributed by atoms with Crippen molar-refractivity contribution in [2.75, 3.05) is 0 Å². The predicted octanol–water partition coefficient (Wildman–Crippen LogP) is 3.69. The Bertz CT molecular complexity index is 256. The Morgan fingerprint density at radius 3 is 1.75 bits per heavy atom. The average Bonchev–Trinajstić information content (AvgIpc) is 2.08. The molecule has 16 heavy (non-hydrogen) atoms. The van der Waals surface area contributed by atoms with Crippen LogP contribution in [0.1, 0.15) is 54.9 Å². The van der Waals surface area contributed by atoms with E-state index < -0.39 is 0 Å². The molecular weight excluding hydrogens is 194 g/mol. The van der Waals surface area contributed by atoms with E-state index in [1.165, 1.54) is 6.42 Å². The van der Waals surface area contributed by atoms with Crippen LogP contribution in [0.4, 0.5) is 0 Å². The molecule has 3 rings (SSSR count). The van der Waals surface area contributed by atoms with Crippen LogP contribution < -0.4 is 5.32 Å². The minimum absolute atomic E-state index is 0.251. The van der Waals surface area contributed by atoms with Gasteiger partial charge in [-0.1, -0.05) is 27.7 Å². The molecule has 0 heterocycles. The van der Waals surface area contributed by atoms with Gasteiger partial charge in [0.25, 0.3) is 0 Å². The molecule has 3 aliphatic carbocycles. The SMILES string of the molecule is CC1C(NC(C)(C)C)C(C)C2CC1C2(C)C. The molecule has 2 bridgehead atoms. The Balaban J connectivity index is 2.14. The van der Waals surface area contributed by atoms with Gasteiger partial charge in [0.2, 0.25) is 0 Å². The minimum Gasteiger partial charge on any atom is -0.309 e. The molecule has 0 aromatic rings. The van der Waals surface area contributed by atoms with Gasteiger partial charge in [-0.05, 0) is 56.3 Å². The topological polar surface area (TPSA) is 12.0 Å². The van der Waals surface area contributed by atoms with Crippen LogP contribution in [0.3, 0.4) is 0 Å². The van der Waals surface area contributed by atoms with Crippen LogP contribution in [-0.2, 0) is 0 Å². The van der Waals surface area contributed by atoms with E-state index in [1.807, 2.05) is 0 Å². The predicted molar refractivity (Wildman–Crippen MR) is 70.4 cm³/mol. The largest absolute Gasteiger partial charge is 0.309 e. The highest BCUT2D eigenvalue weighted by atomic mass is 15.0. The molecule has 0 aromatic heterocycles.